The number of thioether (sulfide) groups is 1. The number of hydrogen-bond acceptors (Lipinski definition) is 3. The Hall–Kier alpha value is -2.08. The number of halogens is 3. The summed E-state index contributed by atoms with van der Waals surface area (Å²) < 4.78 is 37.9. The van der Waals surface area contributed by atoms with E-state index in [0.29, 0.717) is 5.75 Å². The van der Waals surface area contributed by atoms with Crippen LogP contribution in [0.5, 0.6) is 0 Å². The minimum atomic E-state index is -4.45. The predicted octanol–water partition coefficient (Wildman–Crippen LogP) is 4.94. The Morgan fingerprint density at radius 2 is 1.73 bits per heavy atom. The Bertz CT molecular complexity index is 797. The van der Waals surface area contributed by atoms with Gasteiger partial charge >= 0.3 is 6.18 Å². The van der Waals surface area contributed by atoms with E-state index < -0.39 is 11.9 Å². The second-order valence-corrected chi connectivity index (χ2v) is 5.59. The van der Waals surface area contributed by atoms with Gasteiger partial charge in [-0.25, -0.2) is 9.97 Å². The van der Waals surface area contributed by atoms with Crippen molar-refractivity contribution in [1.82, 2.24) is 9.97 Å². The van der Waals surface area contributed by atoms with Crippen molar-refractivity contribution >= 4 is 22.5 Å². The van der Waals surface area contributed by atoms with E-state index in [1.54, 1.807) is 0 Å². The van der Waals surface area contributed by atoms with E-state index >= 15 is 0 Å². The van der Waals surface area contributed by atoms with Crippen LogP contribution < -0.4 is 0 Å². The van der Waals surface area contributed by atoms with Gasteiger partial charge in [0.05, 0.1) is 0 Å². The predicted molar refractivity (Wildman–Crippen MR) is 80.5 cm³/mol. The van der Waals surface area contributed by atoms with Gasteiger partial charge in [0.2, 0.25) is 0 Å². The molecule has 112 valence electrons. The molecule has 0 unspecified atom stereocenters. The molecular formula is C16H11F3N2S. The van der Waals surface area contributed by atoms with E-state index in [-0.39, 0.29) is 5.16 Å². The first-order valence-corrected chi connectivity index (χ1v) is 7.52. The zero-order chi connectivity index (χ0) is 15.6. The maximum absolute atomic E-state index is 12.6. The van der Waals surface area contributed by atoms with Crippen molar-refractivity contribution in [3.8, 4) is 0 Å². The maximum Gasteiger partial charge on any atom is 0.433 e. The molecule has 0 spiro atoms. The van der Waals surface area contributed by atoms with Crippen LogP contribution in [0.15, 0.2) is 59.9 Å². The van der Waals surface area contributed by atoms with Crippen LogP contribution in [0.1, 0.15) is 11.3 Å². The van der Waals surface area contributed by atoms with Gasteiger partial charge in [0, 0.05) is 11.9 Å². The zero-order valence-electron chi connectivity index (χ0n) is 11.3. The monoisotopic (exact) mass is 320 g/mol. The molecule has 1 heterocycles. The standard InChI is InChI=1S/C16H11F3N2S/c17-16(18,19)14-8-9-20-15(21-14)22-10-12-6-3-5-11-4-1-2-7-13(11)12/h1-9H,10H2. The number of alkyl halides is 3. The molecule has 0 bridgehead atoms. The highest BCUT2D eigenvalue weighted by Crippen LogP contribution is 2.30. The van der Waals surface area contributed by atoms with Crippen molar-refractivity contribution in [2.45, 2.75) is 17.1 Å². The second kappa shape index (κ2) is 5.96. The van der Waals surface area contributed by atoms with Crippen molar-refractivity contribution in [2.24, 2.45) is 0 Å². The van der Waals surface area contributed by atoms with Crippen LogP contribution in [-0.2, 0) is 11.9 Å². The fourth-order valence-corrected chi connectivity index (χ4v) is 2.96. The Morgan fingerprint density at radius 1 is 0.955 bits per heavy atom. The number of hydrogen-bond donors (Lipinski definition) is 0. The van der Waals surface area contributed by atoms with Crippen molar-refractivity contribution in [2.75, 3.05) is 0 Å². The summed E-state index contributed by atoms with van der Waals surface area (Å²) >= 11 is 1.20. The lowest BCUT2D eigenvalue weighted by Gasteiger charge is -2.08. The molecule has 6 heteroatoms. The van der Waals surface area contributed by atoms with Gasteiger partial charge < -0.3 is 0 Å². The fraction of sp³-hybridized carbons (Fsp3) is 0.125. The topological polar surface area (TPSA) is 25.8 Å². The van der Waals surface area contributed by atoms with E-state index in [4.69, 9.17) is 0 Å². The first-order valence-electron chi connectivity index (χ1n) is 6.54. The van der Waals surface area contributed by atoms with Crippen LogP contribution in [0.3, 0.4) is 0 Å². The number of fused-ring (bicyclic) bond motifs is 1. The molecule has 0 radical (unpaired) electrons. The van der Waals surface area contributed by atoms with Crippen LogP contribution in [0, 0.1) is 0 Å². The summed E-state index contributed by atoms with van der Waals surface area (Å²) in [5.74, 6) is 0.517. The lowest BCUT2D eigenvalue weighted by Crippen LogP contribution is -2.08. The molecule has 2 nitrogen and oxygen atoms in total. The van der Waals surface area contributed by atoms with Gasteiger partial charge in [-0.2, -0.15) is 13.2 Å². The number of rotatable bonds is 3. The van der Waals surface area contributed by atoms with Crippen LogP contribution in [0.4, 0.5) is 13.2 Å². The molecule has 0 amide bonds. The smallest absolute Gasteiger partial charge is 0.231 e. The Labute approximate surface area is 129 Å². The molecule has 0 N–H and O–H groups in total. The van der Waals surface area contributed by atoms with E-state index in [2.05, 4.69) is 9.97 Å². The molecule has 0 saturated heterocycles. The number of benzene rings is 2. The summed E-state index contributed by atoms with van der Waals surface area (Å²) in [6.07, 6.45) is -3.31. The molecule has 0 saturated carbocycles. The highest BCUT2D eigenvalue weighted by atomic mass is 32.2. The lowest BCUT2D eigenvalue weighted by molar-refractivity contribution is -0.141. The molecule has 3 aromatic rings. The Morgan fingerprint density at radius 3 is 2.55 bits per heavy atom. The maximum atomic E-state index is 12.6. The molecule has 3 rings (SSSR count). The highest BCUT2D eigenvalue weighted by Gasteiger charge is 2.32. The van der Waals surface area contributed by atoms with Crippen molar-refractivity contribution in [1.29, 1.82) is 0 Å². The van der Waals surface area contributed by atoms with Gasteiger partial charge in [-0.1, -0.05) is 54.2 Å². The molecule has 22 heavy (non-hydrogen) atoms. The third-order valence-corrected chi connectivity index (χ3v) is 4.07. The SMILES string of the molecule is FC(F)(F)c1ccnc(SCc2cccc3ccccc23)n1. The fourth-order valence-electron chi connectivity index (χ4n) is 2.13. The quantitative estimate of drug-likeness (QED) is 0.505. The van der Waals surface area contributed by atoms with Crippen LogP contribution in [0.2, 0.25) is 0 Å². The summed E-state index contributed by atoms with van der Waals surface area (Å²) in [4.78, 5) is 7.47. The minimum absolute atomic E-state index is 0.128. The zero-order valence-corrected chi connectivity index (χ0v) is 12.2. The average Bonchev–Trinajstić information content (AvgIpc) is 2.52. The lowest BCUT2D eigenvalue weighted by atomic mass is 10.1. The average molecular weight is 320 g/mol. The van der Waals surface area contributed by atoms with Crippen LogP contribution in [-0.4, -0.2) is 9.97 Å². The number of aromatic nitrogens is 2. The largest absolute Gasteiger partial charge is 0.433 e. The van der Waals surface area contributed by atoms with Crippen LogP contribution in [0.25, 0.3) is 10.8 Å². The molecule has 0 aliphatic rings. The van der Waals surface area contributed by atoms with Crippen molar-refractivity contribution in [3.05, 3.63) is 66.0 Å². The Balaban J connectivity index is 1.83. The van der Waals surface area contributed by atoms with Gasteiger partial charge in [-0.3, -0.25) is 0 Å². The van der Waals surface area contributed by atoms with Gasteiger partial charge in [-0.05, 0) is 22.4 Å². The van der Waals surface area contributed by atoms with E-state index in [0.717, 1.165) is 28.6 Å². The van der Waals surface area contributed by atoms with Gasteiger partial charge in [0.15, 0.2) is 5.16 Å². The summed E-state index contributed by atoms with van der Waals surface area (Å²) in [6.45, 7) is 0. The third kappa shape index (κ3) is 3.22. The molecule has 0 fully saturated rings. The molecule has 0 aliphatic carbocycles. The molecular weight excluding hydrogens is 309 g/mol. The van der Waals surface area contributed by atoms with E-state index in [1.807, 2.05) is 42.5 Å². The van der Waals surface area contributed by atoms with Gasteiger partial charge in [0.1, 0.15) is 5.69 Å². The van der Waals surface area contributed by atoms with Crippen molar-refractivity contribution in [3.63, 3.8) is 0 Å². The summed E-state index contributed by atoms with van der Waals surface area (Å²) in [5.41, 5.74) is 0.132. The number of nitrogens with zero attached hydrogens (tertiary/aromatic N) is 2. The Kier molecular flexibility index (Phi) is 4.02. The summed E-state index contributed by atoms with van der Waals surface area (Å²) in [7, 11) is 0. The molecule has 1 aromatic heterocycles. The summed E-state index contributed by atoms with van der Waals surface area (Å²) in [6, 6.07) is 14.7. The first kappa shape index (κ1) is 14.8. The highest BCUT2D eigenvalue weighted by molar-refractivity contribution is 7.98. The van der Waals surface area contributed by atoms with E-state index in [9.17, 15) is 13.2 Å². The summed E-state index contributed by atoms with van der Waals surface area (Å²) in [5, 5.41) is 2.32. The van der Waals surface area contributed by atoms with Gasteiger partial charge in [0.25, 0.3) is 0 Å². The molecule has 0 aliphatic heterocycles. The van der Waals surface area contributed by atoms with Crippen molar-refractivity contribution < 1.29 is 13.2 Å². The second-order valence-electron chi connectivity index (χ2n) is 4.65. The third-order valence-electron chi connectivity index (χ3n) is 3.16. The van der Waals surface area contributed by atoms with E-state index in [1.165, 1.54) is 11.8 Å². The normalized spacial score (nSPS) is 11.8. The van der Waals surface area contributed by atoms with Crippen LogP contribution >= 0.6 is 11.8 Å². The molecule has 2 aromatic carbocycles. The molecule has 0 atom stereocenters. The minimum Gasteiger partial charge on any atom is -0.231 e. The van der Waals surface area contributed by atoms with Gasteiger partial charge in [-0.15, -0.1) is 0 Å². The first-order chi connectivity index (χ1) is 10.5.